The molecule has 1 fully saturated rings. The molecule has 1 N–H and O–H groups in total. The van der Waals surface area contributed by atoms with Gasteiger partial charge in [0.1, 0.15) is 5.82 Å². The highest BCUT2D eigenvalue weighted by Crippen LogP contribution is 2.33. The minimum absolute atomic E-state index is 0.148. The van der Waals surface area contributed by atoms with Crippen LogP contribution in [0.15, 0.2) is 42.7 Å². The lowest BCUT2D eigenvalue weighted by molar-refractivity contribution is 0.0926. The van der Waals surface area contributed by atoms with E-state index in [0.29, 0.717) is 0 Å². The van der Waals surface area contributed by atoms with Gasteiger partial charge in [0, 0.05) is 31.2 Å². The Morgan fingerprint density at radius 2 is 2.05 bits per heavy atom. The van der Waals surface area contributed by atoms with Crippen LogP contribution in [0.4, 0.5) is 10.1 Å². The molecule has 0 aliphatic carbocycles. The number of hydrogen-bond acceptors (Lipinski definition) is 3. The van der Waals surface area contributed by atoms with Gasteiger partial charge in [0.2, 0.25) is 0 Å². The smallest absolute Gasteiger partial charge is 0.141 e. The Morgan fingerprint density at radius 1 is 1.27 bits per heavy atom. The van der Waals surface area contributed by atoms with Crippen molar-refractivity contribution in [2.24, 2.45) is 5.92 Å². The van der Waals surface area contributed by atoms with E-state index in [2.05, 4.69) is 9.88 Å². The summed E-state index contributed by atoms with van der Waals surface area (Å²) < 4.78 is 13.2. The zero-order chi connectivity index (χ0) is 15.5. The summed E-state index contributed by atoms with van der Waals surface area (Å²) in [5, 5.41) is 10.6. The first kappa shape index (κ1) is 15.3. The van der Waals surface area contributed by atoms with Gasteiger partial charge in [-0.3, -0.25) is 4.98 Å². The van der Waals surface area contributed by atoms with Crippen LogP contribution in [0.5, 0.6) is 0 Å². The fourth-order valence-electron chi connectivity index (χ4n) is 2.98. The normalized spacial score (nSPS) is 17.5. The van der Waals surface area contributed by atoms with Crippen LogP contribution in [0.1, 0.15) is 24.5 Å². The van der Waals surface area contributed by atoms with Crippen molar-refractivity contribution in [1.82, 2.24) is 4.98 Å². The maximum Gasteiger partial charge on any atom is 0.141 e. The zero-order valence-corrected chi connectivity index (χ0v) is 12.9. The summed E-state index contributed by atoms with van der Waals surface area (Å²) in [6, 6.07) is 8.56. The fraction of sp³-hybridized carbons (Fsp3) is 0.353. The second-order valence-electron chi connectivity index (χ2n) is 5.65. The zero-order valence-electron chi connectivity index (χ0n) is 12.1. The van der Waals surface area contributed by atoms with Gasteiger partial charge in [-0.25, -0.2) is 4.39 Å². The highest BCUT2D eigenvalue weighted by Gasteiger charge is 2.26. The summed E-state index contributed by atoms with van der Waals surface area (Å²) >= 11 is 5.84. The quantitative estimate of drug-likeness (QED) is 0.934. The summed E-state index contributed by atoms with van der Waals surface area (Å²) in [6.45, 7) is 1.65. The Morgan fingerprint density at radius 3 is 2.68 bits per heavy atom. The molecule has 0 amide bonds. The summed E-state index contributed by atoms with van der Waals surface area (Å²) in [5.41, 5.74) is 1.80. The second kappa shape index (κ2) is 6.63. The van der Waals surface area contributed by atoms with Gasteiger partial charge in [-0.15, -0.1) is 0 Å². The lowest BCUT2D eigenvalue weighted by Gasteiger charge is -2.35. The summed E-state index contributed by atoms with van der Waals surface area (Å²) in [4.78, 5) is 6.24. The maximum atomic E-state index is 13.2. The van der Waals surface area contributed by atoms with E-state index >= 15 is 0 Å². The Labute approximate surface area is 134 Å². The van der Waals surface area contributed by atoms with Crippen LogP contribution in [0.2, 0.25) is 5.02 Å². The van der Waals surface area contributed by atoms with Crippen LogP contribution in [-0.4, -0.2) is 23.2 Å². The van der Waals surface area contributed by atoms with E-state index in [1.54, 1.807) is 24.5 Å². The van der Waals surface area contributed by atoms with E-state index < -0.39 is 11.9 Å². The number of aliphatic hydroxyl groups is 1. The topological polar surface area (TPSA) is 36.4 Å². The number of halogens is 2. The summed E-state index contributed by atoms with van der Waals surface area (Å²) in [7, 11) is 0. The van der Waals surface area contributed by atoms with Crippen molar-refractivity contribution in [2.75, 3.05) is 18.0 Å². The molecular formula is C17H18ClFN2O. The van der Waals surface area contributed by atoms with Gasteiger partial charge in [-0.05, 0) is 48.6 Å². The standard InChI is InChI=1S/C17H18ClFN2O/c18-15-10-14(3-4-16(15)19)21-8-5-12(6-9-21)17(22)13-2-1-7-20-11-13/h1-4,7,10-12,17,22H,5-6,8-9H2/t17-/m0/s1. The van der Waals surface area contributed by atoms with E-state index in [9.17, 15) is 9.50 Å². The second-order valence-corrected chi connectivity index (χ2v) is 6.06. The lowest BCUT2D eigenvalue weighted by Crippen LogP contribution is -2.35. The SMILES string of the molecule is O[C@H](c1cccnc1)C1CCN(c2ccc(F)c(Cl)c2)CC1. The van der Waals surface area contributed by atoms with Gasteiger partial charge < -0.3 is 10.0 Å². The number of aromatic nitrogens is 1. The molecule has 22 heavy (non-hydrogen) atoms. The number of hydrogen-bond donors (Lipinski definition) is 1. The van der Waals surface area contributed by atoms with E-state index in [0.717, 1.165) is 37.2 Å². The van der Waals surface area contributed by atoms with Gasteiger partial charge in [0.25, 0.3) is 0 Å². The molecule has 3 nitrogen and oxygen atoms in total. The third-order valence-corrected chi connectivity index (χ3v) is 4.57. The van der Waals surface area contributed by atoms with Gasteiger partial charge in [-0.2, -0.15) is 0 Å². The Bertz CT molecular complexity index is 630. The van der Waals surface area contributed by atoms with E-state index in [-0.39, 0.29) is 10.9 Å². The van der Waals surface area contributed by atoms with Crippen molar-refractivity contribution >= 4 is 17.3 Å². The number of rotatable bonds is 3. The minimum atomic E-state index is -0.479. The third-order valence-electron chi connectivity index (χ3n) is 4.28. The predicted molar refractivity (Wildman–Crippen MR) is 85.5 cm³/mol. The molecule has 1 aliphatic rings. The van der Waals surface area contributed by atoms with E-state index in [1.165, 1.54) is 6.07 Å². The van der Waals surface area contributed by atoms with Crippen LogP contribution < -0.4 is 4.90 Å². The average Bonchev–Trinajstić information content (AvgIpc) is 2.58. The van der Waals surface area contributed by atoms with Crippen LogP contribution in [0, 0.1) is 11.7 Å². The maximum absolute atomic E-state index is 13.2. The molecule has 2 heterocycles. The number of aliphatic hydroxyl groups excluding tert-OH is 1. The molecular weight excluding hydrogens is 303 g/mol. The number of pyridine rings is 1. The minimum Gasteiger partial charge on any atom is -0.388 e. The molecule has 116 valence electrons. The first-order chi connectivity index (χ1) is 10.6. The molecule has 0 radical (unpaired) electrons. The molecule has 1 saturated heterocycles. The van der Waals surface area contributed by atoms with Crippen LogP contribution in [0.3, 0.4) is 0 Å². The molecule has 1 atom stereocenters. The van der Waals surface area contributed by atoms with Crippen molar-refractivity contribution < 1.29 is 9.50 Å². The van der Waals surface area contributed by atoms with Crippen molar-refractivity contribution in [2.45, 2.75) is 18.9 Å². The number of benzene rings is 1. The average molecular weight is 321 g/mol. The molecule has 0 unspecified atom stereocenters. The molecule has 0 bridgehead atoms. The fourth-order valence-corrected chi connectivity index (χ4v) is 3.15. The molecule has 2 aromatic rings. The molecule has 1 aliphatic heterocycles. The van der Waals surface area contributed by atoms with Crippen LogP contribution in [0.25, 0.3) is 0 Å². The monoisotopic (exact) mass is 320 g/mol. The lowest BCUT2D eigenvalue weighted by atomic mass is 9.88. The van der Waals surface area contributed by atoms with Gasteiger partial charge >= 0.3 is 0 Å². The number of nitrogens with zero attached hydrogens (tertiary/aromatic N) is 2. The Hall–Kier alpha value is -1.65. The molecule has 3 rings (SSSR count). The van der Waals surface area contributed by atoms with Gasteiger partial charge in [0.15, 0.2) is 0 Å². The highest BCUT2D eigenvalue weighted by atomic mass is 35.5. The molecule has 0 saturated carbocycles. The molecule has 1 aromatic carbocycles. The molecule has 0 spiro atoms. The Kier molecular flexibility index (Phi) is 4.60. The Balaban J connectivity index is 1.64. The first-order valence-corrected chi connectivity index (χ1v) is 7.81. The predicted octanol–water partition coefficient (Wildman–Crippen LogP) is 3.82. The van der Waals surface area contributed by atoms with E-state index in [4.69, 9.17) is 11.6 Å². The van der Waals surface area contributed by atoms with E-state index in [1.807, 2.05) is 12.1 Å². The third kappa shape index (κ3) is 3.23. The van der Waals surface area contributed by atoms with Gasteiger partial charge in [-0.1, -0.05) is 17.7 Å². The largest absolute Gasteiger partial charge is 0.388 e. The number of piperidine rings is 1. The number of anilines is 1. The first-order valence-electron chi connectivity index (χ1n) is 7.43. The van der Waals surface area contributed by atoms with Crippen molar-refractivity contribution in [1.29, 1.82) is 0 Å². The molecule has 1 aromatic heterocycles. The highest BCUT2D eigenvalue weighted by molar-refractivity contribution is 6.31. The van der Waals surface area contributed by atoms with Crippen molar-refractivity contribution in [3.63, 3.8) is 0 Å². The van der Waals surface area contributed by atoms with Crippen LogP contribution in [-0.2, 0) is 0 Å². The summed E-state index contributed by atoms with van der Waals surface area (Å²) in [5.74, 6) is -0.177. The van der Waals surface area contributed by atoms with Crippen molar-refractivity contribution in [3.8, 4) is 0 Å². The summed E-state index contributed by atoms with van der Waals surface area (Å²) in [6.07, 6.45) is 4.71. The van der Waals surface area contributed by atoms with Crippen molar-refractivity contribution in [3.05, 3.63) is 59.1 Å². The van der Waals surface area contributed by atoms with Crippen LogP contribution >= 0.6 is 11.6 Å². The van der Waals surface area contributed by atoms with Gasteiger partial charge in [0.05, 0.1) is 11.1 Å². The molecule has 5 heteroatoms.